The van der Waals surface area contributed by atoms with Crippen molar-refractivity contribution in [2.24, 2.45) is 5.92 Å². The lowest BCUT2D eigenvalue weighted by Gasteiger charge is -2.13. The van der Waals surface area contributed by atoms with Crippen LogP contribution in [0, 0.1) is 12.8 Å². The highest BCUT2D eigenvalue weighted by atomic mass is 32.1. The molecule has 1 aromatic heterocycles. The molecule has 1 fully saturated rings. The maximum absolute atomic E-state index is 5.39. The monoisotopic (exact) mass is 212 g/mol. The van der Waals surface area contributed by atoms with Gasteiger partial charge in [-0.1, -0.05) is 6.92 Å². The Morgan fingerprint density at radius 3 is 3.07 bits per heavy atom. The summed E-state index contributed by atoms with van der Waals surface area (Å²) >= 11 is 1.58. The van der Waals surface area contributed by atoms with E-state index in [0.29, 0.717) is 12.0 Å². The minimum absolute atomic E-state index is 0.511. The number of nitrogens with one attached hydrogen (secondary N) is 1. The molecule has 0 saturated carbocycles. The molecule has 0 aliphatic carbocycles. The summed E-state index contributed by atoms with van der Waals surface area (Å²) in [5.41, 5.74) is 1.11. The summed E-state index contributed by atoms with van der Waals surface area (Å²) in [7, 11) is 0. The van der Waals surface area contributed by atoms with Crippen molar-refractivity contribution in [3.05, 3.63) is 16.6 Å². The van der Waals surface area contributed by atoms with Crippen LogP contribution in [0.4, 0.5) is 0 Å². The van der Waals surface area contributed by atoms with Crippen LogP contribution < -0.4 is 5.32 Å². The molecular weight excluding hydrogens is 196 g/mol. The molecular formula is C10H16N2OS. The summed E-state index contributed by atoms with van der Waals surface area (Å²) in [6.45, 7) is 6.91. The number of aromatic nitrogens is 1. The van der Waals surface area contributed by atoms with E-state index in [1.807, 2.05) is 6.92 Å². The second-order valence-corrected chi connectivity index (χ2v) is 4.83. The summed E-state index contributed by atoms with van der Waals surface area (Å²) < 4.78 is 9.64. The van der Waals surface area contributed by atoms with Crippen molar-refractivity contribution in [2.45, 2.75) is 26.4 Å². The maximum atomic E-state index is 5.39. The lowest BCUT2D eigenvalue weighted by Crippen LogP contribution is -2.33. The van der Waals surface area contributed by atoms with E-state index in [0.717, 1.165) is 25.5 Å². The van der Waals surface area contributed by atoms with Gasteiger partial charge in [-0.15, -0.1) is 0 Å². The minimum atomic E-state index is 0.511. The number of aryl methyl sites for hydroxylation is 1. The molecule has 4 heteroatoms. The Balaban J connectivity index is 1.82. The first-order valence-electron chi connectivity index (χ1n) is 4.99. The smallest absolute Gasteiger partial charge is 0.0623 e. The molecule has 2 heterocycles. The van der Waals surface area contributed by atoms with Crippen molar-refractivity contribution in [1.29, 1.82) is 0 Å². The van der Waals surface area contributed by atoms with Gasteiger partial charge in [0.25, 0.3) is 0 Å². The zero-order valence-corrected chi connectivity index (χ0v) is 9.43. The lowest BCUT2D eigenvalue weighted by atomic mass is 10.1. The van der Waals surface area contributed by atoms with E-state index in [1.165, 1.54) is 4.88 Å². The Morgan fingerprint density at radius 2 is 2.50 bits per heavy atom. The first-order chi connectivity index (χ1) is 6.75. The first kappa shape index (κ1) is 10.1. The summed E-state index contributed by atoms with van der Waals surface area (Å²) in [4.78, 5) is 1.31. The zero-order chi connectivity index (χ0) is 9.97. The Kier molecular flexibility index (Phi) is 3.15. The van der Waals surface area contributed by atoms with Gasteiger partial charge >= 0.3 is 0 Å². The minimum Gasteiger partial charge on any atom is -0.379 e. The molecule has 0 bridgehead atoms. The van der Waals surface area contributed by atoms with Gasteiger partial charge in [-0.2, -0.15) is 4.37 Å². The van der Waals surface area contributed by atoms with Gasteiger partial charge in [-0.25, -0.2) is 0 Å². The largest absolute Gasteiger partial charge is 0.379 e. The number of ether oxygens (including phenoxy) is 1. The predicted molar refractivity (Wildman–Crippen MR) is 57.5 cm³/mol. The van der Waals surface area contributed by atoms with E-state index in [-0.39, 0.29) is 0 Å². The van der Waals surface area contributed by atoms with Gasteiger partial charge in [0.1, 0.15) is 0 Å². The Hall–Kier alpha value is -0.450. The van der Waals surface area contributed by atoms with Gasteiger partial charge in [-0.05, 0) is 30.4 Å². The van der Waals surface area contributed by atoms with Gasteiger partial charge in [-0.3, -0.25) is 0 Å². The van der Waals surface area contributed by atoms with Crippen LogP contribution in [0.3, 0.4) is 0 Å². The molecule has 0 amide bonds. The summed E-state index contributed by atoms with van der Waals surface area (Å²) in [5.74, 6) is 0.629. The zero-order valence-electron chi connectivity index (χ0n) is 8.62. The topological polar surface area (TPSA) is 34.1 Å². The van der Waals surface area contributed by atoms with Crippen molar-refractivity contribution < 1.29 is 4.74 Å². The molecule has 78 valence electrons. The molecule has 1 saturated heterocycles. The van der Waals surface area contributed by atoms with Crippen LogP contribution in [0.25, 0.3) is 0 Å². The molecule has 0 radical (unpaired) electrons. The normalized spacial score (nSPS) is 27.0. The van der Waals surface area contributed by atoms with Gasteiger partial charge in [0, 0.05) is 17.5 Å². The van der Waals surface area contributed by atoms with E-state index in [2.05, 4.69) is 22.7 Å². The summed E-state index contributed by atoms with van der Waals surface area (Å²) in [5, 5.41) is 3.51. The van der Waals surface area contributed by atoms with Crippen molar-refractivity contribution in [1.82, 2.24) is 9.69 Å². The Bertz CT molecular complexity index is 300. The van der Waals surface area contributed by atoms with Crippen LogP contribution in [-0.4, -0.2) is 23.6 Å². The highest BCUT2D eigenvalue weighted by Crippen LogP contribution is 2.14. The Labute approximate surface area is 88.6 Å². The van der Waals surface area contributed by atoms with E-state index in [4.69, 9.17) is 4.74 Å². The third kappa shape index (κ3) is 2.32. The average Bonchev–Trinajstić information content (AvgIpc) is 2.72. The third-order valence-electron chi connectivity index (χ3n) is 2.58. The SMILES string of the molecule is Cc1cc(CNC2COCC2C)sn1. The van der Waals surface area contributed by atoms with Crippen LogP contribution in [0.5, 0.6) is 0 Å². The second-order valence-electron chi connectivity index (χ2n) is 3.94. The molecule has 1 aromatic rings. The standard InChI is InChI=1S/C10H16N2OS/c1-7-5-13-6-10(7)11-4-9-3-8(2)12-14-9/h3,7,10-11H,4-6H2,1-2H3. The summed E-state index contributed by atoms with van der Waals surface area (Å²) in [6, 6.07) is 2.65. The number of hydrogen-bond donors (Lipinski definition) is 1. The number of nitrogens with zero attached hydrogens (tertiary/aromatic N) is 1. The van der Waals surface area contributed by atoms with Crippen molar-refractivity contribution in [3.63, 3.8) is 0 Å². The molecule has 14 heavy (non-hydrogen) atoms. The van der Waals surface area contributed by atoms with Crippen LogP contribution in [0.1, 0.15) is 17.5 Å². The van der Waals surface area contributed by atoms with Crippen molar-refractivity contribution in [2.75, 3.05) is 13.2 Å². The quantitative estimate of drug-likeness (QED) is 0.826. The van der Waals surface area contributed by atoms with Crippen LogP contribution in [0.2, 0.25) is 0 Å². The van der Waals surface area contributed by atoms with Gasteiger partial charge < -0.3 is 10.1 Å². The second kappa shape index (κ2) is 4.38. The fraction of sp³-hybridized carbons (Fsp3) is 0.700. The van der Waals surface area contributed by atoms with Crippen LogP contribution in [0.15, 0.2) is 6.07 Å². The molecule has 0 spiro atoms. The highest BCUT2D eigenvalue weighted by molar-refractivity contribution is 7.05. The highest BCUT2D eigenvalue weighted by Gasteiger charge is 2.23. The number of hydrogen-bond acceptors (Lipinski definition) is 4. The molecule has 1 aliphatic heterocycles. The lowest BCUT2D eigenvalue weighted by molar-refractivity contribution is 0.184. The van der Waals surface area contributed by atoms with E-state index in [1.54, 1.807) is 11.5 Å². The molecule has 1 N–H and O–H groups in total. The third-order valence-corrected chi connectivity index (χ3v) is 3.46. The molecule has 2 atom stereocenters. The first-order valence-corrected chi connectivity index (χ1v) is 5.76. The van der Waals surface area contributed by atoms with Gasteiger partial charge in [0.2, 0.25) is 0 Å². The Morgan fingerprint density at radius 1 is 1.64 bits per heavy atom. The van der Waals surface area contributed by atoms with E-state index < -0.39 is 0 Å². The molecule has 0 aromatic carbocycles. The van der Waals surface area contributed by atoms with Crippen molar-refractivity contribution >= 4 is 11.5 Å². The maximum Gasteiger partial charge on any atom is 0.0623 e. The number of rotatable bonds is 3. The summed E-state index contributed by atoms with van der Waals surface area (Å²) in [6.07, 6.45) is 0. The molecule has 2 unspecified atom stereocenters. The van der Waals surface area contributed by atoms with E-state index >= 15 is 0 Å². The fourth-order valence-corrected chi connectivity index (χ4v) is 2.34. The average molecular weight is 212 g/mol. The fourth-order valence-electron chi connectivity index (χ4n) is 1.65. The van der Waals surface area contributed by atoms with Crippen LogP contribution >= 0.6 is 11.5 Å². The molecule has 3 nitrogen and oxygen atoms in total. The van der Waals surface area contributed by atoms with Crippen LogP contribution in [-0.2, 0) is 11.3 Å². The van der Waals surface area contributed by atoms with Crippen molar-refractivity contribution in [3.8, 4) is 0 Å². The van der Waals surface area contributed by atoms with Gasteiger partial charge in [0.15, 0.2) is 0 Å². The molecule has 1 aliphatic rings. The van der Waals surface area contributed by atoms with E-state index in [9.17, 15) is 0 Å². The van der Waals surface area contributed by atoms with Gasteiger partial charge in [0.05, 0.1) is 18.9 Å². The predicted octanol–water partition coefficient (Wildman–Crippen LogP) is 1.58. The molecule has 2 rings (SSSR count).